The summed E-state index contributed by atoms with van der Waals surface area (Å²) < 4.78 is 27.0. The summed E-state index contributed by atoms with van der Waals surface area (Å²) in [5.41, 5.74) is -0.268. The molecule has 0 spiro atoms. The zero-order valence-corrected chi connectivity index (χ0v) is 11.0. The molecule has 0 aliphatic heterocycles. The fourth-order valence-electron chi connectivity index (χ4n) is 1.54. The van der Waals surface area contributed by atoms with Crippen molar-refractivity contribution in [2.45, 2.75) is 19.9 Å². The number of anilines is 1. The van der Waals surface area contributed by atoms with E-state index >= 15 is 0 Å². The van der Waals surface area contributed by atoms with Gasteiger partial charge in [-0.2, -0.15) is 5.26 Å². The number of nitrogens with zero attached hydrogens (tertiary/aromatic N) is 2. The van der Waals surface area contributed by atoms with Gasteiger partial charge >= 0.3 is 0 Å². The normalized spacial score (nSPS) is 10.2. The van der Waals surface area contributed by atoms with Gasteiger partial charge < -0.3 is 5.32 Å². The average molecular weight is 279 g/mol. The Bertz CT molecular complexity index is 631. The first-order valence-electron chi connectivity index (χ1n) is 5.71. The molecule has 3 nitrogen and oxygen atoms in total. The molecule has 1 heterocycles. The molecular weight excluding hydrogens is 268 g/mol. The third-order valence-corrected chi connectivity index (χ3v) is 3.72. The van der Waals surface area contributed by atoms with E-state index in [0.717, 1.165) is 16.3 Å². The highest BCUT2D eigenvalue weighted by Gasteiger charge is 2.13. The molecule has 0 saturated heterocycles. The van der Waals surface area contributed by atoms with Gasteiger partial charge in [-0.3, -0.25) is 0 Å². The van der Waals surface area contributed by atoms with Crippen LogP contribution in [0.1, 0.15) is 22.4 Å². The summed E-state index contributed by atoms with van der Waals surface area (Å²) in [5.74, 6) is -2.16. The number of thiazole rings is 1. The van der Waals surface area contributed by atoms with E-state index in [-0.39, 0.29) is 11.3 Å². The molecule has 0 unspecified atom stereocenters. The molecule has 0 saturated carbocycles. The fraction of sp³-hybridized carbons (Fsp3) is 0.231. The molecule has 2 aromatic rings. The molecule has 1 aromatic heterocycles. The van der Waals surface area contributed by atoms with E-state index in [4.69, 9.17) is 5.26 Å². The lowest BCUT2D eigenvalue weighted by molar-refractivity contribution is 0.508. The number of rotatable bonds is 4. The van der Waals surface area contributed by atoms with E-state index in [1.54, 1.807) is 12.3 Å². The fourth-order valence-corrected chi connectivity index (χ4v) is 2.34. The Morgan fingerprint density at radius 3 is 2.79 bits per heavy atom. The first-order valence-corrected chi connectivity index (χ1v) is 6.53. The summed E-state index contributed by atoms with van der Waals surface area (Å²) in [6.45, 7) is 2.35. The maximum Gasteiger partial charge on any atom is 0.183 e. The summed E-state index contributed by atoms with van der Waals surface area (Å²) >= 11 is 1.53. The van der Waals surface area contributed by atoms with E-state index in [9.17, 15) is 8.78 Å². The lowest BCUT2D eigenvalue weighted by Gasteiger charge is -2.06. The van der Waals surface area contributed by atoms with E-state index < -0.39 is 11.6 Å². The van der Waals surface area contributed by atoms with Gasteiger partial charge in [-0.05, 0) is 18.6 Å². The average Bonchev–Trinajstić information content (AvgIpc) is 2.88. The topological polar surface area (TPSA) is 48.7 Å². The number of nitriles is 1. The van der Waals surface area contributed by atoms with Gasteiger partial charge in [0, 0.05) is 11.1 Å². The highest BCUT2D eigenvalue weighted by molar-refractivity contribution is 7.11. The van der Waals surface area contributed by atoms with Crippen molar-refractivity contribution >= 4 is 17.0 Å². The minimum absolute atomic E-state index is 0.0322. The molecule has 1 aromatic carbocycles. The van der Waals surface area contributed by atoms with Crippen LogP contribution in [0.3, 0.4) is 0 Å². The lowest BCUT2D eigenvalue weighted by Crippen LogP contribution is -2.03. The van der Waals surface area contributed by atoms with Crippen LogP contribution in [0.15, 0.2) is 18.3 Å². The molecule has 1 N–H and O–H groups in total. The summed E-state index contributed by atoms with van der Waals surface area (Å²) in [6.07, 6.45) is 2.68. The maximum absolute atomic E-state index is 13.6. The van der Waals surface area contributed by atoms with Crippen LogP contribution in [-0.4, -0.2) is 4.98 Å². The smallest absolute Gasteiger partial charge is 0.183 e. The first-order chi connectivity index (χ1) is 9.15. The SMILES string of the molecule is CCc1cnc(CNc2ccc(C#N)c(F)c2F)s1. The molecule has 0 aliphatic carbocycles. The minimum Gasteiger partial charge on any atom is -0.376 e. The van der Waals surface area contributed by atoms with Crippen molar-refractivity contribution in [1.29, 1.82) is 5.26 Å². The number of aromatic nitrogens is 1. The predicted octanol–water partition coefficient (Wildman–Crippen LogP) is 3.47. The van der Waals surface area contributed by atoms with E-state index in [2.05, 4.69) is 10.3 Å². The van der Waals surface area contributed by atoms with E-state index in [0.29, 0.717) is 6.54 Å². The second-order valence-corrected chi connectivity index (χ2v) is 5.03. The molecule has 6 heteroatoms. The second-order valence-electron chi connectivity index (χ2n) is 3.83. The Hall–Kier alpha value is -2.00. The standard InChI is InChI=1S/C13H11F2N3S/c1-2-9-6-18-11(19-9)7-17-10-4-3-8(5-16)12(14)13(10)15/h3-4,6,17H,2,7H2,1H3. The third-order valence-electron chi connectivity index (χ3n) is 2.58. The largest absolute Gasteiger partial charge is 0.376 e. The van der Waals surface area contributed by atoms with Crippen LogP contribution in [0.5, 0.6) is 0 Å². The lowest BCUT2D eigenvalue weighted by atomic mass is 10.2. The Labute approximate surface area is 113 Å². The molecule has 0 bridgehead atoms. The van der Waals surface area contributed by atoms with Gasteiger partial charge in [0.1, 0.15) is 11.1 Å². The minimum atomic E-state index is -1.12. The number of hydrogen-bond acceptors (Lipinski definition) is 4. The van der Waals surface area contributed by atoms with Crippen LogP contribution < -0.4 is 5.32 Å². The van der Waals surface area contributed by atoms with Crippen molar-refractivity contribution in [3.05, 3.63) is 45.4 Å². The molecule has 2 rings (SSSR count). The van der Waals surface area contributed by atoms with Crippen molar-refractivity contribution in [3.63, 3.8) is 0 Å². The van der Waals surface area contributed by atoms with Gasteiger partial charge in [0.05, 0.1) is 17.8 Å². The number of halogens is 2. The summed E-state index contributed by atoms with van der Waals surface area (Å²) in [7, 11) is 0. The monoisotopic (exact) mass is 279 g/mol. The summed E-state index contributed by atoms with van der Waals surface area (Å²) in [5, 5.41) is 12.2. The molecular formula is C13H11F2N3S. The van der Waals surface area contributed by atoms with Crippen molar-refractivity contribution in [1.82, 2.24) is 4.98 Å². The van der Waals surface area contributed by atoms with Crippen LogP contribution in [0.2, 0.25) is 0 Å². The van der Waals surface area contributed by atoms with Gasteiger partial charge in [-0.1, -0.05) is 6.92 Å². The number of hydrogen-bond donors (Lipinski definition) is 1. The van der Waals surface area contributed by atoms with Gasteiger partial charge in [-0.15, -0.1) is 11.3 Å². The second kappa shape index (κ2) is 5.76. The maximum atomic E-state index is 13.6. The van der Waals surface area contributed by atoms with Crippen LogP contribution in [0, 0.1) is 23.0 Å². The van der Waals surface area contributed by atoms with Gasteiger partial charge in [0.15, 0.2) is 11.6 Å². The quantitative estimate of drug-likeness (QED) is 0.932. The molecule has 0 aliphatic rings. The number of nitrogens with one attached hydrogen (secondary N) is 1. The molecule has 0 atom stereocenters. The Morgan fingerprint density at radius 1 is 1.37 bits per heavy atom. The Morgan fingerprint density at radius 2 is 2.16 bits per heavy atom. The highest BCUT2D eigenvalue weighted by Crippen LogP contribution is 2.21. The van der Waals surface area contributed by atoms with Crippen LogP contribution >= 0.6 is 11.3 Å². The Kier molecular flexibility index (Phi) is 4.07. The number of aryl methyl sites for hydroxylation is 1. The molecule has 19 heavy (non-hydrogen) atoms. The van der Waals surface area contributed by atoms with Gasteiger partial charge in [-0.25, -0.2) is 13.8 Å². The molecule has 0 radical (unpaired) electrons. The molecule has 0 amide bonds. The zero-order chi connectivity index (χ0) is 13.8. The van der Waals surface area contributed by atoms with Crippen molar-refractivity contribution in [3.8, 4) is 6.07 Å². The van der Waals surface area contributed by atoms with Crippen LogP contribution in [0.25, 0.3) is 0 Å². The molecule has 0 fully saturated rings. The van der Waals surface area contributed by atoms with Crippen LogP contribution in [-0.2, 0) is 13.0 Å². The summed E-state index contributed by atoms with van der Waals surface area (Å²) in [6, 6.07) is 4.20. The van der Waals surface area contributed by atoms with E-state index in [1.807, 2.05) is 6.92 Å². The Balaban J connectivity index is 2.12. The van der Waals surface area contributed by atoms with Crippen molar-refractivity contribution in [2.75, 3.05) is 5.32 Å². The first kappa shape index (κ1) is 13.4. The van der Waals surface area contributed by atoms with Gasteiger partial charge in [0.25, 0.3) is 0 Å². The summed E-state index contributed by atoms with van der Waals surface area (Å²) in [4.78, 5) is 5.32. The van der Waals surface area contributed by atoms with Crippen LogP contribution in [0.4, 0.5) is 14.5 Å². The molecule has 98 valence electrons. The van der Waals surface area contributed by atoms with E-state index in [1.165, 1.54) is 23.5 Å². The highest BCUT2D eigenvalue weighted by atomic mass is 32.1. The van der Waals surface area contributed by atoms with Crippen molar-refractivity contribution in [2.24, 2.45) is 0 Å². The third kappa shape index (κ3) is 2.88. The predicted molar refractivity (Wildman–Crippen MR) is 69.9 cm³/mol. The zero-order valence-electron chi connectivity index (χ0n) is 10.2. The van der Waals surface area contributed by atoms with Gasteiger partial charge in [0.2, 0.25) is 0 Å². The van der Waals surface area contributed by atoms with Crippen molar-refractivity contribution < 1.29 is 8.78 Å². The number of benzene rings is 1.